The summed E-state index contributed by atoms with van der Waals surface area (Å²) in [4.78, 5) is 17.9. The minimum absolute atomic E-state index is 0.178. The second kappa shape index (κ2) is 11.3. The van der Waals surface area contributed by atoms with Crippen LogP contribution in [0.4, 0.5) is 0 Å². The number of amidine groups is 1. The first kappa shape index (κ1) is 20.7. The van der Waals surface area contributed by atoms with Gasteiger partial charge in [0.2, 0.25) is 0 Å². The molecule has 6 nitrogen and oxygen atoms in total. The molecule has 0 aliphatic heterocycles. The average Bonchev–Trinajstić information content (AvgIpc) is 2.53. The highest BCUT2D eigenvalue weighted by atomic mass is 35.5. The third kappa shape index (κ3) is 7.97. The van der Waals surface area contributed by atoms with Crippen LogP contribution in [0, 0.1) is 0 Å². The summed E-state index contributed by atoms with van der Waals surface area (Å²) in [5.41, 5.74) is 0.380. The number of rotatable bonds is 8. The standard InChI is InChI=1S/C16H23Cl2N3O3/c1-21(2)8-4-7-19-16(24-10-9-23-3)20-15(22)12-5-6-13(17)14(18)11-12/h5-6,11H,4,7-10H2,1-3H3,(H,19,20,22)/p+1. The van der Waals surface area contributed by atoms with Gasteiger partial charge in [-0.25, -0.2) is 4.99 Å². The number of aliphatic imine (C=N–C) groups is 1. The number of halogens is 2. The van der Waals surface area contributed by atoms with Gasteiger partial charge >= 0.3 is 0 Å². The van der Waals surface area contributed by atoms with Crippen LogP contribution in [0.1, 0.15) is 16.8 Å². The Kier molecular flexibility index (Phi) is 9.71. The van der Waals surface area contributed by atoms with Crippen molar-refractivity contribution in [2.75, 3.05) is 47.5 Å². The molecule has 0 aliphatic carbocycles. The topological polar surface area (TPSA) is 64.4 Å². The molecule has 0 spiro atoms. The maximum atomic E-state index is 12.3. The zero-order chi connectivity index (χ0) is 17.9. The molecule has 0 saturated carbocycles. The number of carbonyl (C=O) groups is 1. The fourth-order valence-electron chi connectivity index (χ4n) is 1.76. The van der Waals surface area contributed by atoms with Gasteiger partial charge in [0, 0.05) is 25.6 Å². The predicted octanol–water partition coefficient (Wildman–Crippen LogP) is 1.28. The first-order valence-electron chi connectivity index (χ1n) is 7.65. The van der Waals surface area contributed by atoms with Gasteiger partial charge in [0.15, 0.2) is 0 Å². The van der Waals surface area contributed by atoms with Crippen molar-refractivity contribution in [3.63, 3.8) is 0 Å². The molecule has 0 unspecified atom stereocenters. The first-order chi connectivity index (χ1) is 11.4. The Morgan fingerprint density at radius 2 is 2.00 bits per heavy atom. The van der Waals surface area contributed by atoms with Gasteiger partial charge in [0.05, 0.1) is 37.3 Å². The van der Waals surface area contributed by atoms with Crippen LogP contribution in [0.25, 0.3) is 0 Å². The second-order valence-electron chi connectivity index (χ2n) is 5.42. The molecule has 2 N–H and O–H groups in total. The lowest BCUT2D eigenvalue weighted by Gasteiger charge is -2.11. The van der Waals surface area contributed by atoms with Crippen LogP contribution in [0.15, 0.2) is 23.2 Å². The highest BCUT2D eigenvalue weighted by molar-refractivity contribution is 6.42. The normalized spacial score (nSPS) is 11.7. The summed E-state index contributed by atoms with van der Waals surface area (Å²) >= 11 is 11.8. The molecule has 0 aromatic heterocycles. The van der Waals surface area contributed by atoms with E-state index in [1.807, 2.05) is 0 Å². The van der Waals surface area contributed by atoms with E-state index in [1.165, 1.54) is 11.0 Å². The van der Waals surface area contributed by atoms with E-state index in [1.54, 1.807) is 19.2 Å². The molecule has 1 rings (SSSR count). The van der Waals surface area contributed by atoms with E-state index >= 15 is 0 Å². The Morgan fingerprint density at radius 3 is 2.62 bits per heavy atom. The Balaban J connectivity index is 2.68. The molecule has 0 fully saturated rings. The zero-order valence-corrected chi connectivity index (χ0v) is 15.7. The van der Waals surface area contributed by atoms with Gasteiger partial charge in [-0.1, -0.05) is 23.2 Å². The molecule has 0 aliphatic rings. The number of hydrogen-bond donors (Lipinski definition) is 2. The molecule has 0 heterocycles. The molecule has 134 valence electrons. The molecule has 8 heteroatoms. The van der Waals surface area contributed by atoms with E-state index in [4.69, 9.17) is 32.7 Å². The molecular weight excluding hydrogens is 353 g/mol. The number of amides is 1. The molecule has 1 aromatic rings. The fraction of sp³-hybridized carbons (Fsp3) is 0.500. The SMILES string of the molecule is COCCOC(=NCCC[NH+](C)C)NC(=O)c1ccc(Cl)c(Cl)c1. The van der Waals surface area contributed by atoms with E-state index in [9.17, 15) is 4.79 Å². The van der Waals surface area contributed by atoms with E-state index < -0.39 is 0 Å². The number of nitrogens with zero attached hydrogens (tertiary/aromatic N) is 1. The Morgan fingerprint density at radius 1 is 1.25 bits per heavy atom. The van der Waals surface area contributed by atoms with Crippen LogP contribution >= 0.6 is 23.2 Å². The van der Waals surface area contributed by atoms with Crippen LogP contribution in [0.2, 0.25) is 10.0 Å². The lowest BCUT2D eigenvalue weighted by Crippen LogP contribution is -3.05. The van der Waals surface area contributed by atoms with Gasteiger partial charge in [0.1, 0.15) is 6.61 Å². The van der Waals surface area contributed by atoms with Gasteiger partial charge in [0.25, 0.3) is 11.9 Å². The van der Waals surface area contributed by atoms with E-state index in [-0.39, 0.29) is 11.9 Å². The van der Waals surface area contributed by atoms with Gasteiger partial charge < -0.3 is 14.4 Å². The zero-order valence-electron chi connectivity index (χ0n) is 14.2. The van der Waals surface area contributed by atoms with Gasteiger partial charge in [-0.05, 0) is 18.2 Å². The molecule has 24 heavy (non-hydrogen) atoms. The maximum Gasteiger partial charge on any atom is 0.291 e. The van der Waals surface area contributed by atoms with Crippen molar-refractivity contribution < 1.29 is 19.2 Å². The number of benzene rings is 1. The third-order valence-electron chi connectivity index (χ3n) is 3.02. The van der Waals surface area contributed by atoms with Crippen LogP contribution in [0.3, 0.4) is 0 Å². The Labute approximate surface area is 152 Å². The summed E-state index contributed by atoms with van der Waals surface area (Å²) < 4.78 is 10.4. The summed E-state index contributed by atoms with van der Waals surface area (Å²) in [6, 6.07) is 4.84. The minimum Gasteiger partial charge on any atom is -0.463 e. The van der Waals surface area contributed by atoms with E-state index in [0.717, 1.165) is 13.0 Å². The van der Waals surface area contributed by atoms with Crippen molar-refractivity contribution in [1.29, 1.82) is 0 Å². The van der Waals surface area contributed by atoms with Crippen molar-refractivity contribution >= 4 is 35.1 Å². The minimum atomic E-state index is -0.358. The molecule has 0 bridgehead atoms. The molecular formula is C16H24Cl2N3O3+. The highest BCUT2D eigenvalue weighted by Crippen LogP contribution is 2.22. The number of nitrogens with one attached hydrogen (secondary N) is 2. The number of quaternary nitrogens is 1. The van der Waals surface area contributed by atoms with Crippen molar-refractivity contribution in [3.05, 3.63) is 33.8 Å². The van der Waals surface area contributed by atoms with Gasteiger partial charge in [-0.15, -0.1) is 0 Å². The summed E-state index contributed by atoms with van der Waals surface area (Å²) in [5.74, 6) is -0.358. The smallest absolute Gasteiger partial charge is 0.291 e. The summed E-state index contributed by atoms with van der Waals surface area (Å²) in [6.45, 7) is 2.25. The molecule has 1 aromatic carbocycles. The van der Waals surface area contributed by atoms with E-state index in [2.05, 4.69) is 24.4 Å². The fourth-order valence-corrected chi connectivity index (χ4v) is 2.06. The number of hydrogen-bond acceptors (Lipinski definition) is 4. The Hall–Kier alpha value is -1.34. The molecule has 0 saturated heterocycles. The number of ether oxygens (including phenoxy) is 2. The first-order valence-corrected chi connectivity index (χ1v) is 8.41. The third-order valence-corrected chi connectivity index (χ3v) is 3.76. The van der Waals surface area contributed by atoms with Gasteiger partial charge in [-0.2, -0.15) is 0 Å². The lowest BCUT2D eigenvalue weighted by molar-refractivity contribution is -0.858. The monoisotopic (exact) mass is 376 g/mol. The van der Waals surface area contributed by atoms with Crippen molar-refractivity contribution in [3.8, 4) is 0 Å². The quantitative estimate of drug-likeness (QED) is 0.408. The van der Waals surface area contributed by atoms with Crippen LogP contribution in [0.5, 0.6) is 0 Å². The number of carbonyl (C=O) groups excluding carboxylic acids is 1. The number of methoxy groups -OCH3 is 1. The van der Waals surface area contributed by atoms with Crippen molar-refractivity contribution in [2.45, 2.75) is 6.42 Å². The van der Waals surface area contributed by atoms with Crippen molar-refractivity contribution in [2.24, 2.45) is 4.99 Å². The Bertz CT molecular complexity index is 565. The predicted molar refractivity (Wildman–Crippen MR) is 96.4 cm³/mol. The second-order valence-corrected chi connectivity index (χ2v) is 6.24. The molecule has 0 atom stereocenters. The largest absolute Gasteiger partial charge is 0.463 e. The van der Waals surface area contributed by atoms with Crippen LogP contribution < -0.4 is 10.2 Å². The lowest BCUT2D eigenvalue weighted by atomic mass is 10.2. The maximum absolute atomic E-state index is 12.3. The van der Waals surface area contributed by atoms with Gasteiger partial charge in [-0.3, -0.25) is 10.1 Å². The van der Waals surface area contributed by atoms with E-state index in [0.29, 0.717) is 35.4 Å². The molecule has 1 amide bonds. The van der Waals surface area contributed by atoms with Crippen molar-refractivity contribution in [1.82, 2.24) is 5.32 Å². The average molecular weight is 377 g/mol. The summed E-state index contributed by atoms with van der Waals surface area (Å²) in [5, 5.41) is 3.36. The summed E-state index contributed by atoms with van der Waals surface area (Å²) in [7, 11) is 5.73. The summed E-state index contributed by atoms with van der Waals surface area (Å²) in [6.07, 6.45) is 0.891. The molecule has 0 radical (unpaired) electrons. The van der Waals surface area contributed by atoms with Crippen LogP contribution in [-0.4, -0.2) is 59.4 Å². The highest BCUT2D eigenvalue weighted by Gasteiger charge is 2.12. The van der Waals surface area contributed by atoms with Crippen LogP contribution in [-0.2, 0) is 9.47 Å².